The molecule has 130 valence electrons. The molecule has 2 aromatic carbocycles. The van der Waals surface area contributed by atoms with Crippen LogP contribution in [0, 0.1) is 0 Å². The largest absolute Gasteiger partial charge is 0.497 e. The summed E-state index contributed by atoms with van der Waals surface area (Å²) in [6, 6.07) is 15.2. The maximum atomic E-state index is 12.9. The molecule has 4 rings (SSSR count). The summed E-state index contributed by atoms with van der Waals surface area (Å²) in [4.78, 5) is 12.9. The SMILES string of the molecule is COc1ccc2c(c1)c(C(=O)c1ccsn1)cn2Cc1ccc(Cl)cc1. The van der Waals surface area contributed by atoms with E-state index in [-0.39, 0.29) is 5.78 Å². The van der Waals surface area contributed by atoms with Crippen LogP contribution < -0.4 is 4.74 Å². The van der Waals surface area contributed by atoms with E-state index in [1.165, 1.54) is 11.5 Å². The molecular weight excluding hydrogens is 368 g/mol. The second kappa shape index (κ2) is 6.94. The van der Waals surface area contributed by atoms with Crippen LogP contribution in [-0.4, -0.2) is 21.8 Å². The van der Waals surface area contributed by atoms with E-state index in [1.54, 1.807) is 18.6 Å². The zero-order valence-electron chi connectivity index (χ0n) is 14.0. The van der Waals surface area contributed by atoms with Gasteiger partial charge in [-0.05, 0) is 53.5 Å². The Morgan fingerprint density at radius 3 is 2.69 bits per heavy atom. The van der Waals surface area contributed by atoms with Gasteiger partial charge in [0.2, 0.25) is 5.78 Å². The molecule has 0 aliphatic rings. The van der Waals surface area contributed by atoms with Gasteiger partial charge in [-0.25, -0.2) is 0 Å². The zero-order chi connectivity index (χ0) is 18.1. The number of ether oxygens (including phenoxy) is 1. The van der Waals surface area contributed by atoms with Crippen molar-refractivity contribution in [1.29, 1.82) is 0 Å². The van der Waals surface area contributed by atoms with Gasteiger partial charge < -0.3 is 9.30 Å². The minimum absolute atomic E-state index is 0.0839. The molecule has 0 N–H and O–H groups in total. The standard InChI is InChI=1S/C20H15ClN2O2S/c1-25-15-6-7-19-16(10-15)17(20(24)18-8-9-26-22-18)12-23(19)11-13-2-4-14(21)5-3-13/h2-10,12H,11H2,1H3. The minimum atomic E-state index is -0.0839. The number of hydrogen-bond acceptors (Lipinski definition) is 4. The average Bonchev–Trinajstić information content (AvgIpc) is 3.31. The van der Waals surface area contributed by atoms with Crippen molar-refractivity contribution in [3.8, 4) is 5.75 Å². The number of hydrogen-bond donors (Lipinski definition) is 0. The summed E-state index contributed by atoms with van der Waals surface area (Å²) in [5.41, 5.74) is 3.16. The summed E-state index contributed by atoms with van der Waals surface area (Å²) < 4.78 is 11.6. The first kappa shape index (κ1) is 16.8. The summed E-state index contributed by atoms with van der Waals surface area (Å²) in [7, 11) is 1.62. The van der Waals surface area contributed by atoms with Gasteiger partial charge >= 0.3 is 0 Å². The summed E-state index contributed by atoms with van der Waals surface area (Å²) in [5.74, 6) is 0.633. The smallest absolute Gasteiger partial charge is 0.214 e. The third-order valence-electron chi connectivity index (χ3n) is 4.27. The van der Waals surface area contributed by atoms with Crippen molar-refractivity contribution in [2.75, 3.05) is 7.11 Å². The Hall–Kier alpha value is -2.63. The molecule has 0 atom stereocenters. The van der Waals surface area contributed by atoms with E-state index < -0.39 is 0 Å². The van der Waals surface area contributed by atoms with Crippen molar-refractivity contribution in [3.05, 3.63) is 82.0 Å². The number of carbonyl (C=O) groups excluding carboxylic acids is 1. The predicted octanol–water partition coefficient (Wildman–Crippen LogP) is 5.04. The molecule has 0 fully saturated rings. The van der Waals surface area contributed by atoms with E-state index in [4.69, 9.17) is 16.3 Å². The number of halogens is 1. The Morgan fingerprint density at radius 1 is 1.19 bits per heavy atom. The first-order valence-corrected chi connectivity index (χ1v) is 9.23. The second-order valence-corrected chi connectivity index (χ2v) is 7.00. The third kappa shape index (κ3) is 3.11. The number of rotatable bonds is 5. The molecule has 0 aliphatic heterocycles. The number of carbonyl (C=O) groups is 1. The van der Waals surface area contributed by atoms with Gasteiger partial charge in [0.15, 0.2) is 0 Å². The molecule has 0 unspecified atom stereocenters. The molecule has 2 aromatic heterocycles. The Kier molecular flexibility index (Phi) is 4.49. The van der Waals surface area contributed by atoms with Gasteiger partial charge in [0.25, 0.3) is 0 Å². The van der Waals surface area contributed by atoms with Crippen LogP contribution in [0.5, 0.6) is 5.75 Å². The normalized spacial score (nSPS) is 11.0. The predicted molar refractivity (Wildman–Crippen MR) is 105 cm³/mol. The lowest BCUT2D eigenvalue weighted by Gasteiger charge is -2.06. The Morgan fingerprint density at radius 2 is 2.00 bits per heavy atom. The molecule has 6 heteroatoms. The van der Waals surface area contributed by atoms with Crippen molar-refractivity contribution in [1.82, 2.24) is 8.94 Å². The number of fused-ring (bicyclic) bond motifs is 1. The van der Waals surface area contributed by atoms with Crippen molar-refractivity contribution >= 4 is 39.8 Å². The van der Waals surface area contributed by atoms with Crippen LogP contribution in [0.15, 0.2) is 60.1 Å². The van der Waals surface area contributed by atoms with Crippen molar-refractivity contribution in [3.63, 3.8) is 0 Å². The van der Waals surface area contributed by atoms with Gasteiger partial charge in [-0.1, -0.05) is 23.7 Å². The number of methoxy groups -OCH3 is 1. The van der Waals surface area contributed by atoms with E-state index in [1.807, 2.05) is 48.7 Å². The second-order valence-electron chi connectivity index (χ2n) is 5.89. The number of nitrogens with zero attached hydrogens (tertiary/aromatic N) is 2. The average molecular weight is 383 g/mol. The molecule has 0 spiro atoms. The van der Waals surface area contributed by atoms with Gasteiger partial charge in [-0.15, -0.1) is 0 Å². The highest BCUT2D eigenvalue weighted by Gasteiger charge is 2.19. The molecule has 4 nitrogen and oxygen atoms in total. The monoisotopic (exact) mass is 382 g/mol. The van der Waals surface area contributed by atoms with Gasteiger partial charge in [-0.3, -0.25) is 4.79 Å². The Bertz CT molecular complexity index is 1070. The van der Waals surface area contributed by atoms with Gasteiger partial charge in [0, 0.05) is 39.6 Å². The summed E-state index contributed by atoms with van der Waals surface area (Å²) in [5, 5.41) is 3.37. The zero-order valence-corrected chi connectivity index (χ0v) is 15.6. The molecule has 0 amide bonds. The molecule has 0 saturated carbocycles. The Balaban J connectivity index is 1.83. The first-order chi connectivity index (χ1) is 12.7. The quantitative estimate of drug-likeness (QED) is 0.454. The lowest BCUT2D eigenvalue weighted by molar-refractivity contribution is 0.103. The van der Waals surface area contributed by atoms with Crippen LogP contribution in [0.3, 0.4) is 0 Å². The molecule has 0 radical (unpaired) electrons. The minimum Gasteiger partial charge on any atom is -0.497 e. The van der Waals surface area contributed by atoms with Crippen LogP contribution in [-0.2, 0) is 6.54 Å². The van der Waals surface area contributed by atoms with E-state index in [2.05, 4.69) is 8.94 Å². The highest BCUT2D eigenvalue weighted by atomic mass is 35.5. The van der Waals surface area contributed by atoms with Crippen molar-refractivity contribution < 1.29 is 9.53 Å². The highest BCUT2D eigenvalue weighted by Crippen LogP contribution is 2.28. The third-order valence-corrected chi connectivity index (χ3v) is 5.08. The van der Waals surface area contributed by atoms with Gasteiger partial charge in [0.1, 0.15) is 11.4 Å². The summed E-state index contributed by atoms with van der Waals surface area (Å²) >= 11 is 7.25. The van der Waals surface area contributed by atoms with Crippen molar-refractivity contribution in [2.24, 2.45) is 0 Å². The maximum Gasteiger partial charge on any atom is 0.214 e. The molecule has 26 heavy (non-hydrogen) atoms. The molecule has 0 bridgehead atoms. The lowest BCUT2D eigenvalue weighted by Crippen LogP contribution is -2.01. The van der Waals surface area contributed by atoms with Crippen LogP contribution in [0.1, 0.15) is 21.6 Å². The van der Waals surface area contributed by atoms with E-state index >= 15 is 0 Å². The maximum absolute atomic E-state index is 12.9. The summed E-state index contributed by atoms with van der Waals surface area (Å²) in [6.07, 6.45) is 1.89. The van der Waals surface area contributed by atoms with E-state index in [0.717, 1.165) is 16.5 Å². The van der Waals surface area contributed by atoms with Crippen LogP contribution in [0.2, 0.25) is 5.02 Å². The number of aromatic nitrogens is 2. The fourth-order valence-electron chi connectivity index (χ4n) is 2.97. The fourth-order valence-corrected chi connectivity index (χ4v) is 3.60. The Labute approximate surface area is 159 Å². The van der Waals surface area contributed by atoms with Crippen molar-refractivity contribution in [2.45, 2.75) is 6.54 Å². The van der Waals surface area contributed by atoms with Gasteiger partial charge in [0.05, 0.1) is 7.11 Å². The van der Waals surface area contributed by atoms with Crippen LogP contribution in [0.4, 0.5) is 0 Å². The molecule has 0 aliphatic carbocycles. The fraction of sp³-hybridized carbons (Fsp3) is 0.100. The molecular formula is C20H15ClN2O2S. The summed E-state index contributed by atoms with van der Waals surface area (Å²) in [6.45, 7) is 0.643. The van der Waals surface area contributed by atoms with Crippen LogP contribution >= 0.6 is 23.1 Å². The number of ketones is 1. The lowest BCUT2D eigenvalue weighted by atomic mass is 10.1. The van der Waals surface area contributed by atoms with Crippen LogP contribution in [0.25, 0.3) is 10.9 Å². The molecule has 0 saturated heterocycles. The van der Waals surface area contributed by atoms with Gasteiger partial charge in [-0.2, -0.15) is 4.37 Å². The first-order valence-electron chi connectivity index (χ1n) is 8.02. The topological polar surface area (TPSA) is 44.1 Å². The van der Waals surface area contributed by atoms with E-state index in [9.17, 15) is 4.79 Å². The molecule has 2 heterocycles. The molecule has 4 aromatic rings. The number of benzene rings is 2. The van der Waals surface area contributed by atoms with E-state index in [0.29, 0.717) is 28.6 Å². The highest BCUT2D eigenvalue weighted by molar-refractivity contribution is 7.03.